The lowest BCUT2D eigenvalue weighted by Gasteiger charge is -2.12. The molecule has 2 nitrogen and oxygen atoms in total. The number of likely N-dealkylation sites (N-methyl/N-ethyl adjacent to an activating group) is 1. The molecule has 0 spiro atoms. The number of rotatable bonds is 11. The van der Waals surface area contributed by atoms with Gasteiger partial charge in [0.1, 0.15) is 5.76 Å². The van der Waals surface area contributed by atoms with Crippen LogP contribution in [0, 0.1) is 0 Å². The third-order valence-corrected chi connectivity index (χ3v) is 5.80. The van der Waals surface area contributed by atoms with Gasteiger partial charge in [-0.05, 0) is 92.5 Å². The summed E-state index contributed by atoms with van der Waals surface area (Å²) in [6.07, 6.45) is 22.3. The van der Waals surface area contributed by atoms with Crippen LogP contribution in [0.3, 0.4) is 0 Å². The normalized spacial score (nSPS) is 13.9. The molecule has 0 heterocycles. The number of hydrogen-bond donors (Lipinski definition) is 1. The number of benzene rings is 2. The standard InChI is InChI=1S/C32H35Cl2NO/c1-5-11-31(35(3)4)23-14-25(2)12-9-7-6-8-10-13-28(26-15-19-29(33)20-16-26)24-32(36)27-17-21-30(34)22-18-27/h5-9,11,13-24,36H,10,12H2,1-4H3/b8-6+,9-7+,11-5-,25-14+,28-13+,31-23+,32-24-. The van der Waals surface area contributed by atoms with E-state index >= 15 is 0 Å². The predicted octanol–water partition coefficient (Wildman–Crippen LogP) is 9.84. The van der Waals surface area contributed by atoms with Gasteiger partial charge in [-0.25, -0.2) is 0 Å². The molecule has 1 N–H and O–H groups in total. The van der Waals surface area contributed by atoms with E-state index in [4.69, 9.17) is 23.2 Å². The van der Waals surface area contributed by atoms with E-state index in [1.54, 1.807) is 30.3 Å². The minimum Gasteiger partial charge on any atom is -0.507 e. The van der Waals surface area contributed by atoms with Crippen molar-refractivity contribution >= 4 is 34.5 Å². The smallest absolute Gasteiger partial charge is 0.123 e. The van der Waals surface area contributed by atoms with E-state index < -0.39 is 0 Å². The maximum absolute atomic E-state index is 10.7. The van der Waals surface area contributed by atoms with Crippen molar-refractivity contribution in [3.63, 3.8) is 0 Å². The van der Waals surface area contributed by atoms with Gasteiger partial charge in [-0.3, -0.25) is 0 Å². The molecule has 36 heavy (non-hydrogen) atoms. The van der Waals surface area contributed by atoms with Gasteiger partial charge in [-0.1, -0.05) is 83.4 Å². The van der Waals surface area contributed by atoms with Crippen molar-refractivity contribution in [1.29, 1.82) is 0 Å². The minimum absolute atomic E-state index is 0.180. The van der Waals surface area contributed by atoms with Gasteiger partial charge < -0.3 is 10.0 Å². The lowest BCUT2D eigenvalue weighted by Crippen LogP contribution is -2.08. The number of hydrogen-bond acceptors (Lipinski definition) is 2. The zero-order valence-corrected chi connectivity index (χ0v) is 23.0. The molecule has 188 valence electrons. The van der Waals surface area contributed by atoms with Crippen molar-refractivity contribution in [2.75, 3.05) is 14.1 Å². The average Bonchev–Trinajstić information content (AvgIpc) is 2.85. The molecule has 0 saturated carbocycles. The Morgan fingerprint density at radius 2 is 1.44 bits per heavy atom. The van der Waals surface area contributed by atoms with E-state index in [1.165, 1.54) is 11.3 Å². The van der Waals surface area contributed by atoms with Crippen molar-refractivity contribution < 1.29 is 5.11 Å². The summed E-state index contributed by atoms with van der Waals surface area (Å²) < 4.78 is 0. The Balaban J connectivity index is 2.07. The van der Waals surface area contributed by atoms with Crippen LogP contribution in [0.2, 0.25) is 10.0 Å². The molecule has 0 saturated heterocycles. The van der Waals surface area contributed by atoms with Crippen LogP contribution in [-0.2, 0) is 0 Å². The van der Waals surface area contributed by atoms with Gasteiger partial charge in [-0.15, -0.1) is 0 Å². The summed E-state index contributed by atoms with van der Waals surface area (Å²) in [6, 6.07) is 14.7. The van der Waals surface area contributed by atoms with Crippen LogP contribution in [0.5, 0.6) is 0 Å². The third kappa shape index (κ3) is 10.6. The van der Waals surface area contributed by atoms with E-state index in [-0.39, 0.29) is 5.76 Å². The Labute approximate surface area is 226 Å². The Hall–Kier alpha value is -3.20. The van der Waals surface area contributed by atoms with Gasteiger partial charge in [0.05, 0.1) is 0 Å². The van der Waals surface area contributed by atoms with Gasteiger partial charge >= 0.3 is 0 Å². The fourth-order valence-electron chi connectivity index (χ4n) is 3.26. The summed E-state index contributed by atoms with van der Waals surface area (Å²) >= 11 is 12.0. The van der Waals surface area contributed by atoms with Crippen molar-refractivity contribution in [2.45, 2.75) is 26.7 Å². The van der Waals surface area contributed by atoms with Gasteiger partial charge in [0.2, 0.25) is 0 Å². The topological polar surface area (TPSA) is 23.5 Å². The summed E-state index contributed by atoms with van der Waals surface area (Å²) in [6.45, 7) is 4.16. The molecule has 0 aliphatic carbocycles. The highest BCUT2D eigenvalue weighted by molar-refractivity contribution is 6.30. The first kappa shape index (κ1) is 29.0. The Kier molecular flexibility index (Phi) is 12.7. The molecule has 0 bridgehead atoms. The molecule has 0 radical (unpaired) electrons. The Morgan fingerprint density at radius 3 is 2.03 bits per heavy atom. The van der Waals surface area contributed by atoms with Crippen molar-refractivity contribution in [3.05, 3.63) is 142 Å². The monoisotopic (exact) mass is 519 g/mol. The number of allylic oxidation sites excluding steroid dienone is 12. The molecule has 0 fully saturated rings. The SMILES string of the molecule is C\C=C/C(=C\C=C(/C)C/C=C/C=C/C/C=C(\C=C(/O)c1ccc(Cl)cc1)c1ccc(Cl)cc1)N(C)C. The van der Waals surface area contributed by atoms with Crippen molar-refractivity contribution in [3.8, 4) is 0 Å². The second-order valence-corrected chi connectivity index (χ2v) is 9.37. The zero-order valence-electron chi connectivity index (χ0n) is 21.5. The average molecular weight is 521 g/mol. The maximum Gasteiger partial charge on any atom is 0.123 e. The van der Waals surface area contributed by atoms with E-state index in [1.807, 2.05) is 57.4 Å². The highest BCUT2D eigenvalue weighted by Crippen LogP contribution is 2.24. The van der Waals surface area contributed by atoms with Crippen LogP contribution in [0.15, 0.2) is 121 Å². The highest BCUT2D eigenvalue weighted by atomic mass is 35.5. The summed E-state index contributed by atoms with van der Waals surface area (Å²) in [4.78, 5) is 2.10. The first-order valence-corrected chi connectivity index (χ1v) is 12.7. The van der Waals surface area contributed by atoms with Crippen LogP contribution in [-0.4, -0.2) is 24.1 Å². The highest BCUT2D eigenvalue weighted by Gasteiger charge is 2.04. The lowest BCUT2D eigenvalue weighted by molar-refractivity contribution is 0.512. The summed E-state index contributed by atoms with van der Waals surface area (Å²) in [7, 11) is 4.09. The number of aliphatic hydroxyl groups excluding tert-OH is 1. The molecule has 0 amide bonds. The Morgan fingerprint density at radius 1 is 0.861 bits per heavy atom. The molecule has 0 aliphatic heterocycles. The Bertz CT molecular complexity index is 1180. The van der Waals surface area contributed by atoms with Crippen molar-refractivity contribution in [1.82, 2.24) is 4.90 Å². The lowest BCUT2D eigenvalue weighted by atomic mass is 10.0. The van der Waals surface area contributed by atoms with Gasteiger partial charge in [0, 0.05) is 35.4 Å². The summed E-state index contributed by atoms with van der Waals surface area (Å²) in [5.41, 5.74) is 5.06. The molecule has 0 unspecified atom stereocenters. The van der Waals surface area contributed by atoms with E-state index in [9.17, 15) is 5.11 Å². The fraction of sp³-hybridized carbons (Fsp3) is 0.188. The van der Waals surface area contributed by atoms with Crippen molar-refractivity contribution in [2.24, 2.45) is 0 Å². The van der Waals surface area contributed by atoms with Crippen LogP contribution in [0.25, 0.3) is 11.3 Å². The largest absolute Gasteiger partial charge is 0.507 e. The van der Waals surface area contributed by atoms with Crippen LogP contribution >= 0.6 is 23.2 Å². The minimum atomic E-state index is 0.180. The molecule has 0 atom stereocenters. The molecule has 4 heteroatoms. The molecule has 2 aromatic rings. The third-order valence-electron chi connectivity index (χ3n) is 5.30. The molecular weight excluding hydrogens is 485 g/mol. The molecule has 0 aliphatic rings. The van der Waals surface area contributed by atoms with Crippen LogP contribution in [0.4, 0.5) is 0 Å². The fourth-order valence-corrected chi connectivity index (χ4v) is 3.51. The quantitative estimate of drug-likeness (QED) is 0.235. The molecule has 2 aromatic carbocycles. The summed E-state index contributed by atoms with van der Waals surface area (Å²) in [5.74, 6) is 0.180. The molecule has 2 rings (SSSR count). The van der Waals surface area contributed by atoms with Gasteiger partial charge in [0.25, 0.3) is 0 Å². The van der Waals surface area contributed by atoms with E-state index in [0.29, 0.717) is 15.6 Å². The molecular formula is C32H35Cl2NO. The second kappa shape index (κ2) is 15.7. The maximum atomic E-state index is 10.7. The number of halogens is 2. The summed E-state index contributed by atoms with van der Waals surface area (Å²) in [5, 5.41) is 12.0. The first-order chi connectivity index (χ1) is 17.3. The predicted molar refractivity (Wildman–Crippen MR) is 159 cm³/mol. The zero-order chi connectivity index (χ0) is 26.3. The van der Waals surface area contributed by atoms with Crippen LogP contribution in [0.1, 0.15) is 37.8 Å². The van der Waals surface area contributed by atoms with E-state index in [2.05, 4.69) is 54.4 Å². The number of nitrogens with zero attached hydrogens (tertiary/aromatic N) is 1. The van der Waals surface area contributed by atoms with Gasteiger partial charge in [0.15, 0.2) is 0 Å². The van der Waals surface area contributed by atoms with E-state index in [0.717, 1.165) is 24.0 Å². The van der Waals surface area contributed by atoms with Crippen LogP contribution < -0.4 is 0 Å². The number of aliphatic hydroxyl groups is 1. The van der Waals surface area contributed by atoms with Gasteiger partial charge in [-0.2, -0.15) is 0 Å². The second-order valence-electron chi connectivity index (χ2n) is 8.50. The first-order valence-electron chi connectivity index (χ1n) is 11.9. The molecule has 0 aromatic heterocycles.